The number of amidine groups is 1. The number of aryl methyl sites for hydroxylation is 1. The predicted molar refractivity (Wildman–Crippen MR) is 115 cm³/mol. The van der Waals surface area contributed by atoms with Crippen LogP contribution in [-0.2, 0) is 0 Å². The molecule has 2 aromatic carbocycles. The molecule has 0 spiro atoms. The summed E-state index contributed by atoms with van der Waals surface area (Å²) in [5, 5.41) is 3.00. The van der Waals surface area contributed by atoms with E-state index in [-0.39, 0.29) is 18.1 Å². The van der Waals surface area contributed by atoms with Crippen LogP contribution in [0.2, 0.25) is 0 Å². The molecule has 2 aliphatic rings. The maximum absolute atomic E-state index is 12.5. The van der Waals surface area contributed by atoms with Crippen molar-refractivity contribution in [1.82, 2.24) is 15.1 Å². The number of aliphatic imine (C=N–C) groups is 1. The van der Waals surface area contributed by atoms with Gasteiger partial charge in [-0.25, -0.2) is 9.79 Å². The molecule has 1 N–H and O–H groups in total. The van der Waals surface area contributed by atoms with E-state index in [1.807, 2.05) is 56.0 Å². The lowest BCUT2D eigenvalue weighted by Crippen LogP contribution is -2.58. The van der Waals surface area contributed by atoms with E-state index in [1.165, 1.54) is 0 Å². The van der Waals surface area contributed by atoms with Gasteiger partial charge in [0.15, 0.2) is 5.75 Å². The molecule has 0 aromatic heterocycles. The predicted octanol–water partition coefficient (Wildman–Crippen LogP) is 4.30. The van der Waals surface area contributed by atoms with Crippen LogP contribution in [-0.4, -0.2) is 53.4 Å². The number of hydrogen-bond acceptors (Lipinski definition) is 4. The van der Waals surface area contributed by atoms with Crippen LogP contribution in [0.25, 0.3) is 0 Å². The number of fused-ring (bicyclic) bond motifs is 2. The molecule has 0 aliphatic carbocycles. The number of benzene rings is 2. The van der Waals surface area contributed by atoms with Crippen LogP contribution in [0, 0.1) is 6.92 Å². The molecule has 2 heterocycles. The molecule has 6 heteroatoms. The molecular formula is C23H28N4O2. The fourth-order valence-electron chi connectivity index (χ4n) is 3.85. The minimum Gasteiger partial charge on any atom is -0.454 e. The third kappa shape index (κ3) is 3.92. The lowest BCUT2D eigenvalue weighted by molar-refractivity contribution is 0.133. The number of carbonyl (C=O) groups excluding carboxylic acids is 1. The molecule has 4 rings (SSSR count). The van der Waals surface area contributed by atoms with Crippen LogP contribution < -0.4 is 10.1 Å². The molecule has 6 nitrogen and oxygen atoms in total. The first-order chi connectivity index (χ1) is 13.9. The first-order valence-corrected chi connectivity index (χ1v) is 10.2. The maximum atomic E-state index is 12.5. The van der Waals surface area contributed by atoms with E-state index in [2.05, 4.69) is 29.3 Å². The molecule has 0 saturated carbocycles. The van der Waals surface area contributed by atoms with E-state index in [0.717, 1.165) is 47.2 Å². The molecule has 2 aromatic rings. The Morgan fingerprint density at radius 3 is 2.72 bits per heavy atom. The molecule has 1 atom stereocenters. The van der Waals surface area contributed by atoms with Crippen molar-refractivity contribution in [3.63, 3.8) is 0 Å². The van der Waals surface area contributed by atoms with Gasteiger partial charge in [-0.15, -0.1) is 0 Å². The highest BCUT2D eigenvalue weighted by Gasteiger charge is 2.31. The smallest absolute Gasteiger partial charge is 0.317 e. The van der Waals surface area contributed by atoms with Gasteiger partial charge in [0.1, 0.15) is 17.3 Å². The van der Waals surface area contributed by atoms with Gasteiger partial charge >= 0.3 is 6.03 Å². The molecule has 0 bridgehead atoms. The Balaban J connectivity index is 1.65. The molecular weight excluding hydrogens is 364 g/mol. The zero-order valence-corrected chi connectivity index (χ0v) is 17.5. The molecule has 1 unspecified atom stereocenters. The molecule has 2 amide bonds. The summed E-state index contributed by atoms with van der Waals surface area (Å²) >= 11 is 0. The Kier molecular flexibility index (Phi) is 5.18. The average Bonchev–Trinajstić information content (AvgIpc) is 2.83. The third-order valence-corrected chi connectivity index (χ3v) is 5.29. The Morgan fingerprint density at radius 2 is 1.97 bits per heavy atom. The SMILES string of the molecule is Cc1ccc2c(c1)Oc1ccccc1C(N1CCN(C(=O)NC(C)C)C(C)C1)=N2. The number of para-hydroxylation sites is 1. The van der Waals surface area contributed by atoms with Gasteiger partial charge in [0.05, 0.1) is 5.56 Å². The highest BCUT2D eigenvalue weighted by Crippen LogP contribution is 2.38. The van der Waals surface area contributed by atoms with Crippen molar-refractivity contribution < 1.29 is 9.53 Å². The van der Waals surface area contributed by atoms with Gasteiger partial charge in [0.2, 0.25) is 0 Å². The number of nitrogens with zero attached hydrogens (tertiary/aromatic N) is 3. The normalized spacial score (nSPS) is 18.4. The number of amides is 2. The Labute approximate surface area is 172 Å². The van der Waals surface area contributed by atoms with E-state index >= 15 is 0 Å². The first-order valence-electron chi connectivity index (χ1n) is 10.2. The van der Waals surface area contributed by atoms with Crippen molar-refractivity contribution in [3.8, 4) is 11.5 Å². The van der Waals surface area contributed by atoms with Gasteiger partial charge in [-0.05, 0) is 57.5 Å². The van der Waals surface area contributed by atoms with E-state index < -0.39 is 0 Å². The number of hydrogen-bond donors (Lipinski definition) is 1. The lowest BCUT2D eigenvalue weighted by atomic mass is 10.1. The summed E-state index contributed by atoms with van der Waals surface area (Å²) in [5.74, 6) is 2.48. The molecule has 0 radical (unpaired) electrons. The molecule has 152 valence electrons. The van der Waals surface area contributed by atoms with Crippen molar-refractivity contribution in [2.75, 3.05) is 19.6 Å². The van der Waals surface area contributed by atoms with Crippen LogP contribution in [0.1, 0.15) is 31.9 Å². The quantitative estimate of drug-likeness (QED) is 0.787. The second kappa shape index (κ2) is 7.78. The summed E-state index contributed by atoms with van der Waals surface area (Å²) < 4.78 is 6.22. The van der Waals surface area contributed by atoms with Crippen LogP contribution in [0.5, 0.6) is 11.5 Å². The van der Waals surface area contributed by atoms with Crippen LogP contribution in [0.15, 0.2) is 47.5 Å². The average molecular weight is 393 g/mol. The number of carbonyl (C=O) groups is 1. The van der Waals surface area contributed by atoms with Crippen molar-refractivity contribution >= 4 is 17.6 Å². The second-order valence-electron chi connectivity index (χ2n) is 8.10. The number of ether oxygens (including phenoxy) is 1. The van der Waals surface area contributed by atoms with Crippen molar-refractivity contribution in [2.24, 2.45) is 4.99 Å². The van der Waals surface area contributed by atoms with Crippen LogP contribution in [0.3, 0.4) is 0 Å². The van der Waals surface area contributed by atoms with Crippen molar-refractivity contribution in [2.45, 2.75) is 39.8 Å². The minimum absolute atomic E-state index is 0.000454. The molecule has 2 aliphatic heterocycles. The lowest BCUT2D eigenvalue weighted by Gasteiger charge is -2.41. The second-order valence-corrected chi connectivity index (χ2v) is 8.10. The fraction of sp³-hybridized carbons (Fsp3) is 0.391. The number of rotatable bonds is 1. The summed E-state index contributed by atoms with van der Waals surface area (Å²) in [6, 6.07) is 14.3. The Morgan fingerprint density at radius 1 is 1.17 bits per heavy atom. The Bertz CT molecular complexity index is 954. The van der Waals surface area contributed by atoms with Gasteiger partial charge in [0, 0.05) is 31.7 Å². The largest absolute Gasteiger partial charge is 0.454 e. The fourth-order valence-corrected chi connectivity index (χ4v) is 3.85. The van der Waals surface area contributed by atoms with Crippen LogP contribution in [0.4, 0.5) is 10.5 Å². The van der Waals surface area contributed by atoms with E-state index in [0.29, 0.717) is 6.54 Å². The first kappa shape index (κ1) is 19.3. The van der Waals surface area contributed by atoms with Gasteiger partial charge in [-0.3, -0.25) is 0 Å². The third-order valence-electron chi connectivity index (χ3n) is 5.29. The van der Waals surface area contributed by atoms with E-state index in [1.54, 1.807) is 0 Å². The van der Waals surface area contributed by atoms with Gasteiger partial charge in [-0.1, -0.05) is 18.2 Å². The van der Waals surface area contributed by atoms with Crippen molar-refractivity contribution in [1.29, 1.82) is 0 Å². The monoisotopic (exact) mass is 392 g/mol. The zero-order chi connectivity index (χ0) is 20.5. The highest BCUT2D eigenvalue weighted by molar-refractivity contribution is 6.03. The van der Waals surface area contributed by atoms with Gasteiger partial charge < -0.3 is 19.9 Å². The summed E-state index contributed by atoms with van der Waals surface area (Å²) in [6.45, 7) is 10.2. The van der Waals surface area contributed by atoms with Crippen LogP contribution >= 0.6 is 0 Å². The zero-order valence-electron chi connectivity index (χ0n) is 17.5. The summed E-state index contributed by atoms with van der Waals surface area (Å²) in [5.41, 5.74) is 2.95. The van der Waals surface area contributed by atoms with E-state index in [4.69, 9.17) is 9.73 Å². The topological polar surface area (TPSA) is 57.2 Å². The summed E-state index contributed by atoms with van der Waals surface area (Å²) in [4.78, 5) is 21.7. The number of piperazine rings is 1. The number of urea groups is 1. The minimum atomic E-state index is -0.000454. The van der Waals surface area contributed by atoms with Gasteiger partial charge in [-0.2, -0.15) is 0 Å². The Hall–Kier alpha value is -3.02. The molecule has 1 fully saturated rings. The highest BCUT2D eigenvalue weighted by atomic mass is 16.5. The van der Waals surface area contributed by atoms with E-state index in [9.17, 15) is 4.79 Å². The molecule has 29 heavy (non-hydrogen) atoms. The summed E-state index contributed by atoms with van der Waals surface area (Å²) in [7, 11) is 0. The number of nitrogens with one attached hydrogen (secondary N) is 1. The maximum Gasteiger partial charge on any atom is 0.317 e. The molecule has 1 saturated heterocycles. The van der Waals surface area contributed by atoms with Gasteiger partial charge in [0.25, 0.3) is 0 Å². The summed E-state index contributed by atoms with van der Waals surface area (Å²) in [6.07, 6.45) is 0. The van der Waals surface area contributed by atoms with Crippen molar-refractivity contribution in [3.05, 3.63) is 53.6 Å². The standard InChI is InChI=1S/C23H28N4O2/c1-15(2)24-23(28)27-12-11-26(14-17(27)4)22-18-7-5-6-8-20(18)29-21-13-16(3)9-10-19(21)25-22/h5-10,13,15,17H,11-12,14H2,1-4H3,(H,24,28).